The predicted octanol–water partition coefficient (Wildman–Crippen LogP) is -1.83. The highest BCUT2D eigenvalue weighted by molar-refractivity contribution is 5.93. The Labute approximate surface area is 133 Å². The monoisotopic (exact) mass is 326 g/mol. The van der Waals surface area contributed by atoms with Gasteiger partial charge in [-0.05, 0) is 32.2 Å². The molecule has 3 amide bonds. The van der Waals surface area contributed by atoms with Crippen molar-refractivity contribution in [1.82, 2.24) is 15.5 Å². The third kappa shape index (κ3) is 4.19. The summed E-state index contributed by atoms with van der Waals surface area (Å²) < 4.78 is 0. The van der Waals surface area contributed by atoms with Crippen molar-refractivity contribution >= 4 is 23.7 Å². The van der Waals surface area contributed by atoms with Gasteiger partial charge in [0.15, 0.2) is 0 Å². The Balaban J connectivity index is 2.00. The standard InChI is InChI=1S/C14H22N4O5/c15-11(19)7-9(14(22)23)17-12(20)10-4-2-6-18(10)13(21)8-3-1-5-16-8/h8-10,16H,1-7H2,(H2,15,19)(H,17,20)(H,22,23). The normalized spacial score (nSPS) is 25.1. The smallest absolute Gasteiger partial charge is 0.326 e. The number of nitrogens with zero attached hydrogens (tertiary/aromatic N) is 1. The van der Waals surface area contributed by atoms with Gasteiger partial charge < -0.3 is 26.4 Å². The van der Waals surface area contributed by atoms with Crippen LogP contribution in [-0.4, -0.2) is 64.9 Å². The molecule has 0 saturated carbocycles. The van der Waals surface area contributed by atoms with Gasteiger partial charge in [0.25, 0.3) is 0 Å². The Bertz CT molecular complexity index is 503. The van der Waals surface area contributed by atoms with Gasteiger partial charge in [0.1, 0.15) is 12.1 Å². The molecule has 0 aliphatic carbocycles. The van der Waals surface area contributed by atoms with E-state index in [4.69, 9.17) is 10.8 Å². The van der Waals surface area contributed by atoms with Crippen molar-refractivity contribution in [3.63, 3.8) is 0 Å². The summed E-state index contributed by atoms with van der Waals surface area (Å²) in [6, 6.07) is -2.34. The third-order valence-corrected chi connectivity index (χ3v) is 4.22. The molecule has 2 saturated heterocycles. The van der Waals surface area contributed by atoms with Crippen molar-refractivity contribution in [2.24, 2.45) is 5.73 Å². The highest BCUT2D eigenvalue weighted by Crippen LogP contribution is 2.21. The fraction of sp³-hybridized carbons (Fsp3) is 0.714. The number of hydrogen-bond acceptors (Lipinski definition) is 5. The molecule has 9 nitrogen and oxygen atoms in total. The van der Waals surface area contributed by atoms with Crippen LogP contribution in [0.5, 0.6) is 0 Å². The molecule has 0 aromatic carbocycles. The van der Waals surface area contributed by atoms with Gasteiger partial charge in [-0.2, -0.15) is 0 Å². The number of carbonyl (C=O) groups excluding carboxylic acids is 3. The van der Waals surface area contributed by atoms with Gasteiger partial charge >= 0.3 is 5.97 Å². The van der Waals surface area contributed by atoms with Crippen molar-refractivity contribution in [3.05, 3.63) is 0 Å². The van der Waals surface area contributed by atoms with E-state index in [1.165, 1.54) is 4.90 Å². The van der Waals surface area contributed by atoms with Gasteiger partial charge in [0, 0.05) is 6.54 Å². The van der Waals surface area contributed by atoms with E-state index in [-0.39, 0.29) is 11.9 Å². The number of carbonyl (C=O) groups is 4. The summed E-state index contributed by atoms with van der Waals surface area (Å²) >= 11 is 0. The minimum absolute atomic E-state index is 0.123. The molecular formula is C14H22N4O5. The predicted molar refractivity (Wildman–Crippen MR) is 79.1 cm³/mol. The molecule has 23 heavy (non-hydrogen) atoms. The maximum atomic E-state index is 12.5. The van der Waals surface area contributed by atoms with E-state index >= 15 is 0 Å². The fourth-order valence-electron chi connectivity index (χ4n) is 3.07. The van der Waals surface area contributed by atoms with Gasteiger partial charge in [-0.15, -0.1) is 0 Å². The second-order valence-corrected chi connectivity index (χ2v) is 5.91. The van der Waals surface area contributed by atoms with Gasteiger partial charge in [-0.1, -0.05) is 0 Å². The van der Waals surface area contributed by atoms with Crippen LogP contribution in [0.4, 0.5) is 0 Å². The van der Waals surface area contributed by atoms with Gasteiger partial charge in [0.2, 0.25) is 17.7 Å². The topological polar surface area (TPSA) is 142 Å². The summed E-state index contributed by atoms with van der Waals surface area (Å²) in [5.74, 6) is -2.82. The first-order valence-electron chi connectivity index (χ1n) is 7.75. The van der Waals surface area contributed by atoms with Crippen LogP contribution < -0.4 is 16.4 Å². The Morgan fingerprint density at radius 2 is 2.00 bits per heavy atom. The number of nitrogens with two attached hydrogens (primary N) is 1. The first-order chi connectivity index (χ1) is 10.9. The maximum Gasteiger partial charge on any atom is 0.326 e. The number of hydrogen-bond donors (Lipinski definition) is 4. The van der Waals surface area contributed by atoms with Crippen molar-refractivity contribution in [1.29, 1.82) is 0 Å². The van der Waals surface area contributed by atoms with Crippen LogP contribution in [0, 0.1) is 0 Å². The molecule has 3 unspecified atom stereocenters. The molecule has 0 aromatic heterocycles. The molecule has 0 aromatic rings. The first-order valence-corrected chi connectivity index (χ1v) is 7.75. The molecule has 2 aliphatic heterocycles. The number of nitrogens with one attached hydrogen (secondary N) is 2. The quantitative estimate of drug-likeness (QED) is 0.452. The van der Waals surface area contributed by atoms with Gasteiger partial charge in [0.05, 0.1) is 12.5 Å². The zero-order chi connectivity index (χ0) is 17.0. The molecule has 0 radical (unpaired) electrons. The molecule has 3 atom stereocenters. The van der Waals surface area contributed by atoms with E-state index in [0.29, 0.717) is 19.4 Å². The summed E-state index contributed by atoms with van der Waals surface area (Å²) in [5, 5.41) is 14.5. The minimum atomic E-state index is -1.37. The van der Waals surface area contributed by atoms with Crippen molar-refractivity contribution in [3.8, 4) is 0 Å². The summed E-state index contributed by atoms with van der Waals surface area (Å²) in [4.78, 5) is 48.3. The SMILES string of the molecule is NC(=O)CC(NC(=O)C1CCCN1C(=O)C1CCCN1)C(=O)O. The van der Waals surface area contributed by atoms with Crippen LogP contribution in [0.15, 0.2) is 0 Å². The molecule has 0 spiro atoms. The van der Waals surface area contributed by atoms with Crippen LogP contribution in [0.2, 0.25) is 0 Å². The Morgan fingerprint density at radius 1 is 1.26 bits per heavy atom. The molecule has 2 aliphatic rings. The average Bonchev–Trinajstić information content (AvgIpc) is 3.16. The maximum absolute atomic E-state index is 12.5. The van der Waals surface area contributed by atoms with Gasteiger partial charge in [-0.25, -0.2) is 4.79 Å². The number of primary amides is 1. The molecule has 2 fully saturated rings. The summed E-state index contributed by atoms with van der Waals surface area (Å²) in [6.07, 6.45) is 2.34. The van der Waals surface area contributed by atoms with E-state index in [9.17, 15) is 19.2 Å². The molecule has 2 rings (SSSR count). The van der Waals surface area contributed by atoms with Crippen molar-refractivity contribution in [2.45, 2.75) is 50.2 Å². The molecule has 0 bridgehead atoms. The number of carboxylic acid groups (broad SMARTS) is 1. The Morgan fingerprint density at radius 3 is 2.57 bits per heavy atom. The van der Waals surface area contributed by atoms with E-state index in [0.717, 1.165) is 19.4 Å². The lowest BCUT2D eigenvalue weighted by Gasteiger charge is -2.27. The largest absolute Gasteiger partial charge is 0.480 e. The van der Waals surface area contributed by atoms with Crippen LogP contribution in [0.1, 0.15) is 32.1 Å². The highest BCUT2D eigenvalue weighted by Gasteiger charge is 2.39. The number of rotatable bonds is 6. The summed E-state index contributed by atoms with van der Waals surface area (Å²) in [6.45, 7) is 1.25. The van der Waals surface area contributed by atoms with Crippen LogP contribution in [0.25, 0.3) is 0 Å². The number of carboxylic acids is 1. The van der Waals surface area contributed by atoms with Crippen LogP contribution in [0.3, 0.4) is 0 Å². The van der Waals surface area contributed by atoms with E-state index < -0.39 is 36.3 Å². The lowest BCUT2D eigenvalue weighted by molar-refractivity contribution is -0.145. The zero-order valence-corrected chi connectivity index (χ0v) is 12.8. The van der Waals surface area contributed by atoms with Gasteiger partial charge in [-0.3, -0.25) is 14.4 Å². The van der Waals surface area contributed by atoms with Crippen molar-refractivity contribution < 1.29 is 24.3 Å². The summed E-state index contributed by atoms with van der Waals surface area (Å²) in [5.41, 5.74) is 4.99. The molecular weight excluding hydrogens is 304 g/mol. The van der Waals surface area contributed by atoms with Crippen LogP contribution >= 0.6 is 0 Å². The summed E-state index contributed by atoms with van der Waals surface area (Å²) in [7, 11) is 0. The van der Waals surface area contributed by atoms with Crippen molar-refractivity contribution in [2.75, 3.05) is 13.1 Å². The number of likely N-dealkylation sites (tertiary alicyclic amines) is 1. The molecule has 5 N–H and O–H groups in total. The third-order valence-electron chi connectivity index (χ3n) is 4.22. The van der Waals surface area contributed by atoms with Crippen LogP contribution in [-0.2, 0) is 19.2 Å². The molecule has 2 heterocycles. The lowest BCUT2D eigenvalue weighted by Crippen LogP contribution is -2.54. The van der Waals surface area contributed by atoms with E-state index in [2.05, 4.69) is 10.6 Å². The second kappa shape index (κ2) is 7.40. The average molecular weight is 326 g/mol. The van der Waals surface area contributed by atoms with E-state index in [1.54, 1.807) is 0 Å². The fourth-order valence-corrected chi connectivity index (χ4v) is 3.07. The number of amides is 3. The molecule has 128 valence electrons. The number of aliphatic carboxylic acids is 1. The minimum Gasteiger partial charge on any atom is -0.480 e. The Kier molecular flexibility index (Phi) is 5.54. The lowest BCUT2D eigenvalue weighted by atomic mass is 10.1. The first kappa shape index (κ1) is 17.2. The highest BCUT2D eigenvalue weighted by atomic mass is 16.4. The molecule has 9 heteroatoms. The van der Waals surface area contributed by atoms with E-state index in [1.807, 2.05) is 0 Å². The zero-order valence-electron chi connectivity index (χ0n) is 12.8. The Hall–Kier alpha value is -2.16. The second-order valence-electron chi connectivity index (χ2n) is 5.91.